The molecular weight excluding hydrogens is 114 g/mol. The number of rotatable bonds is 1. The summed E-state index contributed by atoms with van der Waals surface area (Å²) in [6.07, 6.45) is 3.16. The quantitative estimate of drug-likeness (QED) is 0.541. The zero-order valence-electron chi connectivity index (χ0n) is 5.93. The van der Waals surface area contributed by atoms with E-state index in [1.807, 2.05) is 0 Å². The van der Waals surface area contributed by atoms with Crippen molar-refractivity contribution in [3.63, 3.8) is 0 Å². The fourth-order valence-electron chi connectivity index (χ4n) is 1.58. The van der Waals surface area contributed by atoms with Crippen LogP contribution < -0.4 is 5.73 Å². The summed E-state index contributed by atoms with van der Waals surface area (Å²) in [4.78, 5) is 0. The second kappa shape index (κ2) is 2.27. The van der Waals surface area contributed by atoms with Crippen molar-refractivity contribution in [2.75, 3.05) is 6.61 Å². The summed E-state index contributed by atoms with van der Waals surface area (Å²) in [5, 5.41) is 8.82. The molecule has 1 rings (SSSR count). The zero-order valence-corrected chi connectivity index (χ0v) is 5.93. The second-order valence-corrected chi connectivity index (χ2v) is 3.37. The van der Waals surface area contributed by atoms with Crippen molar-refractivity contribution in [3.8, 4) is 0 Å². The van der Waals surface area contributed by atoms with Gasteiger partial charge in [-0.15, -0.1) is 0 Å². The first-order valence-electron chi connectivity index (χ1n) is 3.56. The summed E-state index contributed by atoms with van der Waals surface area (Å²) < 4.78 is 0. The van der Waals surface area contributed by atoms with Crippen LogP contribution in [0.15, 0.2) is 0 Å². The number of hydrogen-bond donors (Lipinski definition) is 2. The number of nitrogens with two attached hydrogens (primary N) is 1. The van der Waals surface area contributed by atoms with E-state index in [1.54, 1.807) is 0 Å². The molecule has 2 nitrogen and oxygen atoms in total. The van der Waals surface area contributed by atoms with E-state index in [0.29, 0.717) is 5.92 Å². The molecule has 0 aliphatic heterocycles. The SMILES string of the molecule is C[C@@H]1CCC(N)(CO)C1. The summed E-state index contributed by atoms with van der Waals surface area (Å²) >= 11 is 0. The van der Waals surface area contributed by atoms with Crippen molar-refractivity contribution in [1.29, 1.82) is 0 Å². The van der Waals surface area contributed by atoms with Gasteiger partial charge in [-0.3, -0.25) is 0 Å². The highest BCUT2D eigenvalue weighted by Crippen LogP contribution is 2.31. The fourth-order valence-corrected chi connectivity index (χ4v) is 1.58. The molecule has 1 aliphatic rings. The van der Waals surface area contributed by atoms with Crippen molar-refractivity contribution in [1.82, 2.24) is 0 Å². The van der Waals surface area contributed by atoms with Gasteiger partial charge >= 0.3 is 0 Å². The van der Waals surface area contributed by atoms with Crippen LogP contribution in [-0.2, 0) is 0 Å². The van der Waals surface area contributed by atoms with Crippen molar-refractivity contribution >= 4 is 0 Å². The molecule has 9 heavy (non-hydrogen) atoms. The van der Waals surface area contributed by atoms with Crippen LogP contribution in [0, 0.1) is 5.92 Å². The van der Waals surface area contributed by atoms with Gasteiger partial charge in [0, 0.05) is 5.54 Å². The molecule has 0 aromatic heterocycles. The maximum atomic E-state index is 8.82. The standard InChI is InChI=1S/C7H15NO/c1-6-2-3-7(8,4-6)5-9/h6,9H,2-5,8H2,1H3/t6-,7?/m1/s1. The predicted octanol–water partition coefficient (Wildman–Crippen LogP) is 0.496. The Labute approximate surface area is 56.1 Å². The molecule has 2 heteroatoms. The van der Waals surface area contributed by atoms with E-state index < -0.39 is 0 Å². The Kier molecular flexibility index (Phi) is 1.78. The topological polar surface area (TPSA) is 46.2 Å². The van der Waals surface area contributed by atoms with Crippen molar-refractivity contribution in [2.24, 2.45) is 11.7 Å². The van der Waals surface area contributed by atoms with Gasteiger partial charge in [0.1, 0.15) is 0 Å². The molecular formula is C7H15NO. The molecule has 2 atom stereocenters. The maximum Gasteiger partial charge on any atom is 0.0611 e. The van der Waals surface area contributed by atoms with Crippen LogP contribution in [-0.4, -0.2) is 17.3 Å². The summed E-state index contributed by atoms with van der Waals surface area (Å²) in [5.74, 6) is 0.710. The molecule has 0 heterocycles. The smallest absolute Gasteiger partial charge is 0.0611 e. The van der Waals surface area contributed by atoms with E-state index in [4.69, 9.17) is 10.8 Å². The monoisotopic (exact) mass is 129 g/mol. The van der Waals surface area contributed by atoms with Gasteiger partial charge in [0.2, 0.25) is 0 Å². The molecule has 0 saturated heterocycles. The molecule has 1 saturated carbocycles. The fraction of sp³-hybridized carbons (Fsp3) is 1.00. The van der Waals surface area contributed by atoms with Gasteiger partial charge in [-0.2, -0.15) is 0 Å². The minimum absolute atomic E-state index is 0.150. The summed E-state index contributed by atoms with van der Waals surface area (Å²) in [6, 6.07) is 0. The average Bonchev–Trinajstić information content (AvgIpc) is 2.13. The van der Waals surface area contributed by atoms with E-state index in [2.05, 4.69) is 6.92 Å². The van der Waals surface area contributed by atoms with Gasteiger partial charge in [0.25, 0.3) is 0 Å². The second-order valence-electron chi connectivity index (χ2n) is 3.37. The first-order chi connectivity index (χ1) is 4.16. The highest BCUT2D eigenvalue weighted by Gasteiger charge is 2.32. The van der Waals surface area contributed by atoms with Crippen LogP contribution >= 0.6 is 0 Å². The lowest BCUT2D eigenvalue weighted by Crippen LogP contribution is -2.40. The first-order valence-corrected chi connectivity index (χ1v) is 3.56. The lowest BCUT2D eigenvalue weighted by Gasteiger charge is -2.19. The van der Waals surface area contributed by atoms with Gasteiger partial charge in [-0.05, 0) is 25.2 Å². The number of hydrogen-bond acceptors (Lipinski definition) is 2. The Morgan fingerprint density at radius 3 is 2.67 bits per heavy atom. The molecule has 1 fully saturated rings. The highest BCUT2D eigenvalue weighted by atomic mass is 16.3. The third kappa shape index (κ3) is 1.43. The summed E-state index contributed by atoms with van der Waals surface area (Å²) in [6.45, 7) is 2.33. The number of aliphatic hydroxyl groups is 1. The Balaban J connectivity index is 2.45. The van der Waals surface area contributed by atoms with Crippen molar-refractivity contribution < 1.29 is 5.11 Å². The van der Waals surface area contributed by atoms with Gasteiger partial charge in [0.05, 0.1) is 6.61 Å². The molecule has 54 valence electrons. The summed E-state index contributed by atoms with van der Waals surface area (Å²) in [5.41, 5.74) is 5.56. The van der Waals surface area contributed by atoms with E-state index in [-0.39, 0.29) is 12.1 Å². The minimum Gasteiger partial charge on any atom is -0.394 e. The number of aliphatic hydroxyl groups excluding tert-OH is 1. The summed E-state index contributed by atoms with van der Waals surface area (Å²) in [7, 11) is 0. The van der Waals surface area contributed by atoms with E-state index >= 15 is 0 Å². The largest absolute Gasteiger partial charge is 0.394 e. The first kappa shape index (κ1) is 7.03. The zero-order chi connectivity index (χ0) is 6.91. The van der Waals surface area contributed by atoms with Crippen LogP contribution in [0.1, 0.15) is 26.2 Å². The van der Waals surface area contributed by atoms with E-state index in [9.17, 15) is 0 Å². The minimum atomic E-state index is -0.237. The third-order valence-corrected chi connectivity index (χ3v) is 2.20. The molecule has 0 spiro atoms. The molecule has 1 aliphatic carbocycles. The molecule has 3 N–H and O–H groups in total. The highest BCUT2D eigenvalue weighted by molar-refractivity contribution is 4.91. The maximum absolute atomic E-state index is 8.82. The Morgan fingerprint density at radius 1 is 1.78 bits per heavy atom. The van der Waals surface area contributed by atoms with Gasteiger partial charge in [-0.1, -0.05) is 6.92 Å². The van der Waals surface area contributed by atoms with Gasteiger partial charge in [0.15, 0.2) is 0 Å². The molecule has 0 aromatic carbocycles. The van der Waals surface area contributed by atoms with Crippen LogP contribution in [0.5, 0.6) is 0 Å². The molecule has 0 amide bonds. The molecule has 0 radical (unpaired) electrons. The van der Waals surface area contributed by atoms with E-state index in [1.165, 1.54) is 6.42 Å². The molecule has 0 aromatic rings. The Morgan fingerprint density at radius 2 is 2.44 bits per heavy atom. The van der Waals surface area contributed by atoms with Crippen molar-refractivity contribution in [3.05, 3.63) is 0 Å². The van der Waals surface area contributed by atoms with Crippen LogP contribution in [0.4, 0.5) is 0 Å². The average molecular weight is 129 g/mol. The van der Waals surface area contributed by atoms with Crippen LogP contribution in [0.3, 0.4) is 0 Å². The lowest BCUT2D eigenvalue weighted by atomic mass is 9.99. The predicted molar refractivity (Wildman–Crippen MR) is 37.0 cm³/mol. The van der Waals surface area contributed by atoms with E-state index in [0.717, 1.165) is 12.8 Å². The van der Waals surface area contributed by atoms with Crippen molar-refractivity contribution in [2.45, 2.75) is 31.7 Å². The molecule has 0 bridgehead atoms. The Hall–Kier alpha value is -0.0800. The lowest BCUT2D eigenvalue weighted by molar-refractivity contribution is 0.196. The Bertz CT molecular complexity index is 105. The van der Waals surface area contributed by atoms with Crippen LogP contribution in [0.25, 0.3) is 0 Å². The molecule has 1 unspecified atom stereocenters. The normalized spacial score (nSPS) is 43.7. The third-order valence-electron chi connectivity index (χ3n) is 2.20. The van der Waals surface area contributed by atoms with Gasteiger partial charge < -0.3 is 10.8 Å². The van der Waals surface area contributed by atoms with Crippen LogP contribution in [0.2, 0.25) is 0 Å². The van der Waals surface area contributed by atoms with Gasteiger partial charge in [-0.25, -0.2) is 0 Å².